The van der Waals surface area contributed by atoms with Crippen molar-refractivity contribution in [1.82, 2.24) is 0 Å². The molecule has 98 valence electrons. The molecule has 0 unspecified atom stereocenters. The number of phenols is 1. The molecule has 0 atom stereocenters. The van der Waals surface area contributed by atoms with Crippen LogP contribution < -0.4 is 9.64 Å². The van der Waals surface area contributed by atoms with Crippen molar-refractivity contribution in [2.75, 3.05) is 18.6 Å². The summed E-state index contributed by atoms with van der Waals surface area (Å²) in [5, 5.41) is 9.82. The van der Waals surface area contributed by atoms with E-state index in [1.807, 2.05) is 12.1 Å². The predicted octanol–water partition coefficient (Wildman–Crippen LogP) is 2.96. The Morgan fingerprint density at radius 3 is 2.84 bits per heavy atom. The third-order valence-corrected chi connectivity index (χ3v) is 3.60. The zero-order valence-corrected chi connectivity index (χ0v) is 11.0. The first-order chi connectivity index (χ1) is 9.28. The summed E-state index contributed by atoms with van der Waals surface area (Å²) in [6, 6.07) is 14.1. The molecule has 0 amide bonds. The smallest absolute Gasteiger partial charge is 0.160 e. The summed E-state index contributed by atoms with van der Waals surface area (Å²) >= 11 is 0. The van der Waals surface area contributed by atoms with Crippen molar-refractivity contribution in [3.8, 4) is 11.5 Å². The molecule has 1 aliphatic rings. The minimum absolute atomic E-state index is 0.201. The molecule has 2 aromatic carbocycles. The molecule has 3 nitrogen and oxygen atoms in total. The quantitative estimate of drug-likeness (QED) is 0.915. The first-order valence-corrected chi connectivity index (χ1v) is 6.46. The van der Waals surface area contributed by atoms with Crippen molar-refractivity contribution >= 4 is 5.69 Å². The van der Waals surface area contributed by atoms with Crippen LogP contribution in [0, 0.1) is 0 Å². The van der Waals surface area contributed by atoms with Gasteiger partial charge in [0.2, 0.25) is 0 Å². The number of benzene rings is 2. The number of hydrogen-bond donors (Lipinski definition) is 1. The molecule has 0 radical (unpaired) electrons. The minimum atomic E-state index is 0.201. The monoisotopic (exact) mass is 255 g/mol. The Bertz CT molecular complexity index is 595. The van der Waals surface area contributed by atoms with Gasteiger partial charge in [-0.1, -0.05) is 24.3 Å². The fourth-order valence-electron chi connectivity index (χ4n) is 2.63. The maximum Gasteiger partial charge on any atom is 0.160 e. The van der Waals surface area contributed by atoms with Gasteiger partial charge >= 0.3 is 0 Å². The van der Waals surface area contributed by atoms with Crippen LogP contribution in [-0.4, -0.2) is 18.8 Å². The number of anilines is 1. The second-order valence-electron chi connectivity index (χ2n) is 4.81. The van der Waals surface area contributed by atoms with Crippen molar-refractivity contribution in [1.29, 1.82) is 0 Å². The molecule has 1 N–H and O–H groups in total. The molecule has 2 aromatic rings. The summed E-state index contributed by atoms with van der Waals surface area (Å²) in [4.78, 5) is 2.34. The van der Waals surface area contributed by atoms with Gasteiger partial charge in [-0.2, -0.15) is 0 Å². The van der Waals surface area contributed by atoms with E-state index in [9.17, 15) is 5.11 Å². The fraction of sp³-hybridized carbons (Fsp3) is 0.250. The molecular weight excluding hydrogens is 238 g/mol. The maximum absolute atomic E-state index is 9.82. The van der Waals surface area contributed by atoms with E-state index in [2.05, 4.69) is 29.2 Å². The predicted molar refractivity (Wildman–Crippen MR) is 75.9 cm³/mol. The van der Waals surface area contributed by atoms with Gasteiger partial charge in [-0.25, -0.2) is 0 Å². The summed E-state index contributed by atoms with van der Waals surface area (Å²) in [5.74, 6) is 0.720. The highest BCUT2D eigenvalue weighted by molar-refractivity contribution is 5.58. The normalized spacial score (nSPS) is 13.4. The summed E-state index contributed by atoms with van der Waals surface area (Å²) in [6.07, 6.45) is 1.10. The van der Waals surface area contributed by atoms with Gasteiger partial charge in [0.1, 0.15) is 0 Å². The van der Waals surface area contributed by atoms with Crippen LogP contribution >= 0.6 is 0 Å². The molecule has 0 saturated heterocycles. The van der Waals surface area contributed by atoms with E-state index in [0.29, 0.717) is 5.75 Å². The molecule has 0 aliphatic carbocycles. The van der Waals surface area contributed by atoms with Crippen molar-refractivity contribution < 1.29 is 9.84 Å². The van der Waals surface area contributed by atoms with E-state index in [1.165, 1.54) is 11.3 Å². The van der Waals surface area contributed by atoms with Crippen LogP contribution in [0.25, 0.3) is 0 Å². The zero-order chi connectivity index (χ0) is 13.2. The van der Waals surface area contributed by atoms with Crippen LogP contribution in [0.3, 0.4) is 0 Å². The van der Waals surface area contributed by atoms with Gasteiger partial charge in [-0.05, 0) is 35.7 Å². The number of para-hydroxylation sites is 1. The standard InChI is InChI=1S/C16H17NO2/c1-19-16-7-6-12(10-15(16)18)11-17-9-8-13-4-2-3-5-14(13)17/h2-7,10,18H,8-9,11H2,1H3. The first kappa shape index (κ1) is 11.9. The Balaban J connectivity index is 1.81. The van der Waals surface area contributed by atoms with Crippen LogP contribution in [0.15, 0.2) is 42.5 Å². The Morgan fingerprint density at radius 1 is 1.21 bits per heavy atom. The number of ether oxygens (including phenoxy) is 1. The summed E-state index contributed by atoms with van der Waals surface area (Å²) in [5.41, 5.74) is 3.80. The van der Waals surface area contributed by atoms with Gasteiger partial charge < -0.3 is 14.7 Å². The fourth-order valence-corrected chi connectivity index (χ4v) is 2.63. The zero-order valence-electron chi connectivity index (χ0n) is 11.0. The van der Waals surface area contributed by atoms with E-state index >= 15 is 0 Å². The molecule has 3 heteroatoms. The molecule has 0 aromatic heterocycles. The summed E-state index contributed by atoms with van der Waals surface area (Å²) < 4.78 is 5.06. The largest absolute Gasteiger partial charge is 0.504 e. The molecule has 0 bridgehead atoms. The number of rotatable bonds is 3. The Kier molecular flexibility index (Phi) is 3.03. The topological polar surface area (TPSA) is 32.7 Å². The number of nitrogens with zero attached hydrogens (tertiary/aromatic N) is 1. The highest BCUT2D eigenvalue weighted by Gasteiger charge is 2.18. The van der Waals surface area contributed by atoms with Crippen LogP contribution in [-0.2, 0) is 13.0 Å². The Morgan fingerprint density at radius 2 is 2.05 bits per heavy atom. The number of methoxy groups -OCH3 is 1. The van der Waals surface area contributed by atoms with Gasteiger partial charge in [-0.3, -0.25) is 0 Å². The average Bonchev–Trinajstić information content (AvgIpc) is 2.83. The minimum Gasteiger partial charge on any atom is -0.504 e. The molecule has 0 saturated carbocycles. The van der Waals surface area contributed by atoms with Crippen molar-refractivity contribution in [2.45, 2.75) is 13.0 Å². The lowest BCUT2D eigenvalue weighted by atomic mass is 10.1. The first-order valence-electron chi connectivity index (χ1n) is 6.46. The van der Waals surface area contributed by atoms with Gasteiger partial charge in [-0.15, -0.1) is 0 Å². The average molecular weight is 255 g/mol. The SMILES string of the molecule is COc1ccc(CN2CCc3ccccc32)cc1O. The Labute approximate surface area is 113 Å². The molecule has 19 heavy (non-hydrogen) atoms. The molecule has 0 spiro atoms. The number of phenolic OH excluding ortho intramolecular Hbond substituents is 1. The van der Waals surface area contributed by atoms with E-state index in [-0.39, 0.29) is 5.75 Å². The summed E-state index contributed by atoms with van der Waals surface area (Å²) in [6.45, 7) is 1.85. The van der Waals surface area contributed by atoms with Gasteiger partial charge in [0.05, 0.1) is 7.11 Å². The van der Waals surface area contributed by atoms with Gasteiger partial charge in [0.15, 0.2) is 11.5 Å². The van der Waals surface area contributed by atoms with Crippen LogP contribution in [0.4, 0.5) is 5.69 Å². The number of hydrogen-bond acceptors (Lipinski definition) is 3. The van der Waals surface area contributed by atoms with Gasteiger partial charge in [0.25, 0.3) is 0 Å². The highest BCUT2D eigenvalue weighted by Crippen LogP contribution is 2.31. The third-order valence-electron chi connectivity index (χ3n) is 3.60. The molecule has 3 rings (SSSR count). The van der Waals surface area contributed by atoms with Crippen molar-refractivity contribution in [3.63, 3.8) is 0 Å². The number of aromatic hydroxyl groups is 1. The van der Waals surface area contributed by atoms with E-state index in [1.54, 1.807) is 13.2 Å². The van der Waals surface area contributed by atoms with Crippen LogP contribution in [0.1, 0.15) is 11.1 Å². The highest BCUT2D eigenvalue weighted by atomic mass is 16.5. The lowest BCUT2D eigenvalue weighted by Gasteiger charge is -2.19. The van der Waals surface area contributed by atoms with Crippen molar-refractivity contribution in [2.24, 2.45) is 0 Å². The van der Waals surface area contributed by atoms with E-state index < -0.39 is 0 Å². The molecular formula is C16H17NO2. The van der Waals surface area contributed by atoms with Crippen LogP contribution in [0.5, 0.6) is 11.5 Å². The third kappa shape index (κ3) is 2.24. The maximum atomic E-state index is 9.82. The van der Waals surface area contributed by atoms with Gasteiger partial charge in [0, 0.05) is 18.8 Å². The van der Waals surface area contributed by atoms with E-state index in [0.717, 1.165) is 25.1 Å². The Hall–Kier alpha value is -2.16. The molecule has 1 heterocycles. The van der Waals surface area contributed by atoms with Crippen LogP contribution in [0.2, 0.25) is 0 Å². The summed E-state index contributed by atoms with van der Waals surface area (Å²) in [7, 11) is 1.56. The lowest BCUT2D eigenvalue weighted by Crippen LogP contribution is -2.19. The van der Waals surface area contributed by atoms with E-state index in [4.69, 9.17) is 4.74 Å². The number of fused-ring (bicyclic) bond motifs is 1. The lowest BCUT2D eigenvalue weighted by molar-refractivity contribution is 0.373. The second kappa shape index (κ2) is 4.84. The second-order valence-corrected chi connectivity index (χ2v) is 4.81. The molecule has 1 aliphatic heterocycles. The molecule has 0 fully saturated rings. The van der Waals surface area contributed by atoms with Crippen molar-refractivity contribution in [3.05, 3.63) is 53.6 Å².